The number of fused-ring (bicyclic) bond motifs is 1. The number of hydrogen-bond acceptors (Lipinski definition) is 2. The van der Waals surface area contributed by atoms with Crippen LogP contribution in [0.3, 0.4) is 0 Å². The molecule has 7 heteroatoms. The zero-order chi connectivity index (χ0) is 13.9. The molecular weight excluding hydrogens is 381 g/mol. The summed E-state index contributed by atoms with van der Waals surface area (Å²) < 4.78 is 1.74. The van der Waals surface area contributed by atoms with Crippen LogP contribution in [0.25, 0.3) is 11.0 Å². The number of guanidine groups is 1. The Morgan fingerprint density at radius 3 is 2.90 bits per heavy atom. The van der Waals surface area contributed by atoms with Gasteiger partial charge in [0.1, 0.15) is 0 Å². The van der Waals surface area contributed by atoms with Gasteiger partial charge in [-0.05, 0) is 25.0 Å². The lowest BCUT2D eigenvalue weighted by Gasteiger charge is -2.11. The average molecular weight is 401 g/mol. The van der Waals surface area contributed by atoms with Crippen molar-refractivity contribution in [3.8, 4) is 0 Å². The molecule has 0 radical (unpaired) electrons. The highest BCUT2D eigenvalue weighted by molar-refractivity contribution is 14.0. The zero-order valence-corrected chi connectivity index (χ0v) is 14.3. The Labute approximate surface area is 140 Å². The Hall–Kier alpha value is -1.51. The maximum Gasteiger partial charge on any atom is 0.326 e. The molecule has 21 heavy (non-hydrogen) atoms. The summed E-state index contributed by atoms with van der Waals surface area (Å²) in [5.41, 5.74) is 1.74. The molecule has 1 fully saturated rings. The van der Waals surface area contributed by atoms with Crippen LogP contribution in [-0.4, -0.2) is 35.1 Å². The predicted molar refractivity (Wildman–Crippen MR) is 95.5 cm³/mol. The number of aromatic nitrogens is 2. The van der Waals surface area contributed by atoms with E-state index in [9.17, 15) is 4.79 Å². The van der Waals surface area contributed by atoms with Gasteiger partial charge in [0.25, 0.3) is 0 Å². The number of rotatable bonds is 4. The van der Waals surface area contributed by atoms with Crippen molar-refractivity contribution >= 4 is 41.0 Å². The van der Waals surface area contributed by atoms with Gasteiger partial charge >= 0.3 is 5.69 Å². The van der Waals surface area contributed by atoms with Gasteiger partial charge in [-0.15, -0.1) is 24.0 Å². The molecule has 1 aliphatic rings. The number of nitrogens with one attached hydrogen (secondary N) is 3. The first-order chi connectivity index (χ1) is 9.78. The predicted octanol–water partition coefficient (Wildman–Crippen LogP) is 1.27. The van der Waals surface area contributed by atoms with Crippen LogP contribution in [-0.2, 0) is 6.54 Å². The number of benzene rings is 1. The van der Waals surface area contributed by atoms with Crippen molar-refractivity contribution in [2.24, 2.45) is 4.99 Å². The van der Waals surface area contributed by atoms with E-state index >= 15 is 0 Å². The summed E-state index contributed by atoms with van der Waals surface area (Å²) in [4.78, 5) is 18.9. The summed E-state index contributed by atoms with van der Waals surface area (Å²) in [6, 6.07) is 8.28. The van der Waals surface area contributed by atoms with E-state index < -0.39 is 0 Å². The lowest BCUT2D eigenvalue weighted by atomic mass is 10.3. The molecule has 114 valence electrons. The maximum atomic E-state index is 11.9. The molecule has 6 nitrogen and oxygen atoms in total. The Balaban J connectivity index is 0.00000161. The van der Waals surface area contributed by atoms with E-state index in [2.05, 4.69) is 20.6 Å². The van der Waals surface area contributed by atoms with E-state index in [4.69, 9.17) is 0 Å². The first-order valence-electron chi connectivity index (χ1n) is 6.92. The Morgan fingerprint density at radius 1 is 1.43 bits per heavy atom. The summed E-state index contributed by atoms with van der Waals surface area (Å²) >= 11 is 0. The second-order valence-electron chi connectivity index (χ2n) is 5.02. The van der Waals surface area contributed by atoms with Gasteiger partial charge in [0.2, 0.25) is 0 Å². The van der Waals surface area contributed by atoms with Crippen LogP contribution in [0.1, 0.15) is 12.8 Å². The summed E-state index contributed by atoms with van der Waals surface area (Å²) in [5, 5.41) is 6.55. The van der Waals surface area contributed by atoms with Crippen molar-refractivity contribution in [3.63, 3.8) is 0 Å². The van der Waals surface area contributed by atoms with Gasteiger partial charge < -0.3 is 15.6 Å². The summed E-state index contributed by atoms with van der Waals surface area (Å²) in [6.45, 7) is 1.27. The van der Waals surface area contributed by atoms with Crippen LogP contribution in [0.15, 0.2) is 34.1 Å². The normalized spacial score (nSPS) is 14.8. The van der Waals surface area contributed by atoms with Gasteiger partial charge in [-0.1, -0.05) is 12.1 Å². The summed E-state index contributed by atoms with van der Waals surface area (Å²) in [7, 11) is 1.76. The van der Waals surface area contributed by atoms with Crippen molar-refractivity contribution < 1.29 is 0 Å². The first-order valence-corrected chi connectivity index (χ1v) is 6.92. The minimum Gasteiger partial charge on any atom is -0.355 e. The van der Waals surface area contributed by atoms with Gasteiger partial charge in [0.15, 0.2) is 5.96 Å². The van der Waals surface area contributed by atoms with Crippen molar-refractivity contribution in [1.29, 1.82) is 0 Å². The summed E-state index contributed by atoms with van der Waals surface area (Å²) in [6.07, 6.45) is 2.42. The molecule has 3 rings (SSSR count). The number of halogens is 1. The van der Waals surface area contributed by atoms with Crippen molar-refractivity contribution in [2.45, 2.75) is 25.4 Å². The third-order valence-electron chi connectivity index (χ3n) is 3.45. The van der Waals surface area contributed by atoms with E-state index in [1.54, 1.807) is 11.6 Å². The molecule has 3 N–H and O–H groups in total. The molecular formula is C14H20IN5O. The fraction of sp³-hybridized carbons (Fsp3) is 0.429. The Bertz CT molecular complexity index is 686. The first kappa shape index (κ1) is 15.9. The standard InChI is InChI=1S/C14H19N5O.HI/c1-15-13(17-10-6-7-10)16-8-9-19-12-5-3-2-4-11(12)18-14(19)20;/h2-5,10H,6-9H2,1H3,(H,18,20)(H2,15,16,17);1H. The molecule has 1 aliphatic carbocycles. The van der Waals surface area contributed by atoms with Crippen LogP contribution >= 0.6 is 24.0 Å². The van der Waals surface area contributed by atoms with Crippen LogP contribution < -0.4 is 16.3 Å². The minimum absolute atomic E-state index is 0. The van der Waals surface area contributed by atoms with E-state index in [-0.39, 0.29) is 29.7 Å². The van der Waals surface area contributed by atoms with Crippen LogP contribution in [0.4, 0.5) is 0 Å². The van der Waals surface area contributed by atoms with E-state index in [1.807, 2.05) is 24.3 Å². The molecule has 1 aromatic heterocycles. The van der Waals surface area contributed by atoms with Gasteiger partial charge in [-0.2, -0.15) is 0 Å². The Morgan fingerprint density at radius 2 is 2.19 bits per heavy atom. The molecule has 0 saturated heterocycles. The molecule has 0 spiro atoms. The average Bonchev–Trinajstić information content (AvgIpc) is 3.21. The molecule has 0 aliphatic heterocycles. The molecule has 1 saturated carbocycles. The molecule has 1 heterocycles. The number of hydrogen-bond donors (Lipinski definition) is 3. The topological polar surface area (TPSA) is 74.2 Å². The van der Waals surface area contributed by atoms with Crippen LogP contribution in [0.2, 0.25) is 0 Å². The lowest BCUT2D eigenvalue weighted by molar-refractivity contribution is 0.658. The largest absolute Gasteiger partial charge is 0.355 e. The number of imidazole rings is 1. The second-order valence-corrected chi connectivity index (χ2v) is 5.02. The third-order valence-corrected chi connectivity index (χ3v) is 3.45. The van der Waals surface area contributed by atoms with Gasteiger partial charge in [0, 0.05) is 26.2 Å². The van der Waals surface area contributed by atoms with Gasteiger partial charge in [-0.25, -0.2) is 4.79 Å². The number of para-hydroxylation sites is 2. The van der Waals surface area contributed by atoms with Gasteiger partial charge in [-0.3, -0.25) is 9.56 Å². The number of aliphatic imine (C=N–C) groups is 1. The Kier molecular flexibility index (Phi) is 5.27. The molecule has 2 aromatic rings. The number of nitrogens with zero attached hydrogens (tertiary/aromatic N) is 2. The highest BCUT2D eigenvalue weighted by Gasteiger charge is 2.21. The molecule has 0 bridgehead atoms. The zero-order valence-electron chi connectivity index (χ0n) is 11.9. The van der Waals surface area contributed by atoms with Gasteiger partial charge in [0.05, 0.1) is 11.0 Å². The fourth-order valence-corrected chi connectivity index (χ4v) is 2.23. The molecule has 0 amide bonds. The smallest absolute Gasteiger partial charge is 0.326 e. The molecule has 1 aromatic carbocycles. The van der Waals surface area contributed by atoms with Crippen LogP contribution in [0, 0.1) is 0 Å². The van der Waals surface area contributed by atoms with Crippen LogP contribution in [0.5, 0.6) is 0 Å². The number of H-pyrrole nitrogens is 1. The summed E-state index contributed by atoms with van der Waals surface area (Å²) in [5.74, 6) is 0.806. The van der Waals surface area contributed by atoms with E-state index in [0.717, 1.165) is 17.0 Å². The maximum absolute atomic E-state index is 11.9. The van der Waals surface area contributed by atoms with E-state index in [0.29, 0.717) is 19.1 Å². The monoisotopic (exact) mass is 401 g/mol. The van der Waals surface area contributed by atoms with E-state index in [1.165, 1.54) is 12.8 Å². The fourth-order valence-electron chi connectivity index (χ4n) is 2.23. The lowest BCUT2D eigenvalue weighted by Crippen LogP contribution is -2.40. The minimum atomic E-state index is -0.0712. The molecule has 0 atom stereocenters. The number of aromatic amines is 1. The van der Waals surface area contributed by atoms with Crippen molar-refractivity contribution in [1.82, 2.24) is 20.2 Å². The highest BCUT2D eigenvalue weighted by Crippen LogP contribution is 2.18. The quantitative estimate of drug-likeness (QED) is 0.411. The van der Waals surface area contributed by atoms with Crippen molar-refractivity contribution in [2.75, 3.05) is 13.6 Å². The third kappa shape index (κ3) is 3.78. The second kappa shape index (κ2) is 6.97. The van der Waals surface area contributed by atoms with Crippen molar-refractivity contribution in [3.05, 3.63) is 34.7 Å². The highest BCUT2D eigenvalue weighted by atomic mass is 127. The SMILES string of the molecule is CN=C(NCCn1c(=O)[nH]c2ccccc21)NC1CC1.I. The molecule has 0 unspecified atom stereocenters.